The molecular weight excluding hydrogens is 304 g/mol. The number of carbonyl (C=O) groups is 1. The van der Waals surface area contributed by atoms with Crippen LogP contribution in [0.3, 0.4) is 0 Å². The summed E-state index contributed by atoms with van der Waals surface area (Å²) in [6.07, 6.45) is 2.00. The Bertz CT molecular complexity index is 743. The zero-order valence-corrected chi connectivity index (χ0v) is 14.8. The highest BCUT2D eigenvalue weighted by Gasteiger charge is 2.32. The van der Waals surface area contributed by atoms with Crippen molar-refractivity contribution in [1.82, 2.24) is 20.0 Å². The largest absolute Gasteiger partial charge is 0.379 e. The number of carbonyl (C=O) groups excluding carboxylic acids is 1. The zero-order chi connectivity index (χ0) is 17.3. The highest BCUT2D eigenvalue weighted by Crippen LogP contribution is 2.25. The molecule has 1 fully saturated rings. The Balaban J connectivity index is 1.88. The van der Waals surface area contributed by atoms with E-state index >= 15 is 0 Å². The van der Waals surface area contributed by atoms with Crippen molar-refractivity contribution in [3.63, 3.8) is 0 Å². The van der Waals surface area contributed by atoms with E-state index in [-0.39, 0.29) is 11.8 Å². The molecule has 3 heterocycles. The van der Waals surface area contributed by atoms with Crippen LogP contribution in [0, 0.1) is 19.8 Å². The molecule has 24 heavy (non-hydrogen) atoms. The Morgan fingerprint density at radius 2 is 2.25 bits per heavy atom. The minimum absolute atomic E-state index is 0.00328. The van der Waals surface area contributed by atoms with Crippen molar-refractivity contribution in [3.8, 4) is 0 Å². The van der Waals surface area contributed by atoms with Crippen molar-refractivity contribution in [2.75, 3.05) is 26.3 Å². The molecule has 0 aromatic carbocycles. The maximum atomic E-state index is 12.7. The monoisotopic (exact) mass is 330 g/mol. The Hall–Kier alpha value is -1.92. The molecule has 1 unspecified atom stereocenters. The second kappa shape index (κ2) is 6.53. The number of amides is 1. The quantitative estimate of drug-likeness (QED) is 0.896. The van der Waals surface area contributed by atoms with Gasteiger partial charge in [0.25, 0.3) is 0 Å². The Morgan fingerprint density at radius 3 is 3.04 bits per heavy atom. The van der Waals surface area contributed by atoms with Gasteiger partial charge >= 0.3 is 0 Å². The van der Waals surface area contributed by atoms with E-state index in [4.69, 9.17) is 9.72 Å². The van der Waals surface area contributed by atoms with Crippen LogP contribution >= 0.6 is 0 Å². The number of ether oxygens (including phenoxy) is 1. The third-order valence-corrected chi connectivity index (χ3v) is 4.54. The van der Waals surface area contributed by atoms with Gasteiger partial charge in [-0.2, -0.15) is 0 Å². The van der Waals surface area contributed by atoms with Gasteiger partial charge in [-0.1, -0.05) is 6.07 Å². The molecule has 130 valence electrons. The van der Waals surface area contributed by atoms with E-state index in [1.54, 1.807) is 0 Å². The fraction of sp³-hybridized carbons (Fsp3) is 0.556. The van der Waals surface area contributed by atoms with Crippen LogP contribution in [0.1, 0.15) is 30.9 Å². The van der Waals surface area contributed by atoms with E-state index in [2.05, 4.69) is 28.0 Å². The molecule has 0 bridgehead atoms. The number of imidazole rings is 1. The number of pyridine rings is 1. The molecule has 2 aromatic rings. The smallest absolute Gasteiger partial charge is 0.227 e. The summed E-state index contributed by atoms with van der Waals surface area (Å²) in [5, 5.41) is 6.39. The van der Waals surface area contributed by atoms with Crippen LogP contribution in [0.15, 0.2) is 18.3 Å². The number of aromatic nitrogens is 2. The standard InChI is InChI=1S/C18H26N4O2/c1-12-6-5-8-22-15(12)13(2)20-17(22)18(3,4)21-16(23)14-10-19-7-9-24-11-14/h5-6,8,14,19H,7,9-11H2,1-4H3,(H,21,23). The van der Waals surface area contributed by atoms with Gasteiger partial charge in [-0.05, 0) is 39.3 Å². The summed E-state index contributed by atoms with van der Waals surface area (Å²) in [7, 11) is 0. The van der Waals surface area contributed by atoms with Crippen LogP contribution in [0.2, 0.25) is 0 Å². The van der Waals surface area contributed by atoms with Gasteiger partial charge in [0, 0.05) is 19.3 Å². The van der Waals surface area contributed by atoms with Gasteiger partial charge in [0.15, 0.2) is 0 Å². The van der Waals surface area contributed by atoms with Crippen molar-refractivity contribution in [2.24, 2.45) is 5.92 Å². The van der Waals surface area contributed by atoms with E-state index < -0.39 is 5.54 Å². The summed E-state index contributed by atoms with van der Waals surface area (Å²) in [5.74, 6) is 0.659. The van der Waals surface area contributed by atoms with Gasteiger partial charge in [0.2, 0.25) is 5.91 Å². The number of rotatable bonds is 3. The van der Waals surface area contributed by atoms with Crippen LogP contribution in [-0.4, -0.2) is 41.6 Å². The third kappa shape index (κ3) is 3.16. The molecule has 3 rings (SSSR count). The second-order valence-corrected chi connectivity index (χ2v) is 7.02. The van der Waals surface area contributed by atoms with Crippen molar-refractivity contribution in [3.05, 3.63) is 35.4 Å². The molecule has 2 N–H and O–H groups in total. The van der Waals surface area contributed by atoms with E-state index in [0.717, 1.165) is 23.6 Å². The first-order chi connectivity index (χ1) is 11.4. The van der Waals surface area contributed by atoms with Crippen LogP contribution in [0.4, 0.5) is 0 Å². The molecule has 0 saturated carbocycles. The number of nitrogens with one attached hydrogen (secondary N) is 2. The first-order valence-corrected chi connectivity index (χ1v) is 8.45. The van der Waals surface area contributed by atoms with Crippen molar-refractivity contribution >= 4 is 11.4 Å². The minimum Gasteiger partial charge on any atom is -0.379 e. The Labute approximate surface area is 142 Å². The van der Waals surface area contributed by atoms with Crippen molar-refractivity contribution < 1.29 is 9.53 Å². The molecule has 6 heteroatoms. The van der Waals surface area contributed by atoms with E-state index in [1.165, 1.54) is 5.56 Å². The molecule has 0 radical (unpaired) electrons. The molecule has 6 nitrogen and oxygen atoms in total. The predicted molar refractivity (Wildman–Crippen MR) is 93.0 cm³/mol. The van der Waals surface area contributed by atoms with Crippen LogP contribution < -0.4 is 10.6 Å². The lowest BCUT2D eigenvalue weighted by atomic mass is 10.0. The van der Waals surface area contributed by atoms with Gasteiger partial charge in [0.05, 0.1) is 35.9 Å². The lowest BCUT2D eigenvalue weighted by Crippen LogP contribution is -2.47. The molecule has 0 spiro atoms. The predicted octanol–water partition coefficient (Wildman–Crippen LogP) is 1.54. The SMILES string of the molecule is Cc1cccn2c(C(C)(C)NC(=O)C3CNCCOC3)nc(C)c12. The number of hydrogen-bond acceptors (Lipinski definition) is 4. The molecular formula is C18H26N4O2. The van der Waals surface area contributed by atoms with Gasteiger partial charge in [-0.3, -0.25) is 4.79 Å². The molecule has 1 aliphatic heterocycles. The Kier molecular flexibility index (Phi) is 4.60. The third-order valence-electron chi connectivity index (χ3n) is 4.54. The van der Waals surface area contributed by atoms with Gasteiger partial charge in [-0.25, -0.2) is 4.98 Å². The average Bonchev–Trinajstić information content (AvgIpc) is 2.72. The van der Waals surface area contributed by atoms with Gasteiger partial charge in [0.1, 0.15) is 5.82 Å². The van der Waals surface area contributed by atoms with E-state index in [0.29, 0.717) is 19.8 Å². The molecule has 2 aromatic heterocycles. The van der Waals surface area contributed by atoms with Gasteiger partial charge < -0.3 is 19.8 Å². The lowest BCUT2D eigenvalue weighted by Gasteiger charge is -2.27. The second-order valence-electron chi connectivity index (χ2n) is 7.02. The first-order valence-electron chi connectivity index (χ1n) is 8.45. The topological polar surface area (TPSA) is 67.7 Å². The molecule has 1 aliphatic rings. The number of aryl methyl sites for hydroxylation is 2. The summed E-state index contributed by atoms with van der Waals surface area (Å²) >= 11 is 0. The average molecular weight is 330 g/mol. The number of hydrogen-bond donors (Lipinski definition) is 2. The van der Waals surface area contributed by atoms with Crippen molar-refractivity contribution in [1.29, 1.82) is 0 Å². The van der Waals surface area contributed by atoms with Gasteiger partial charge in [-0.15, -0.1) is 0 Å². The highest BCUT2D eigenvalue weighted by molar-refractivity contribution is 5.80. The minimum atomic E-state index is -0.575. The molecule has 1 saturated heterocycles. The maximum absolute atomic E-state index is 12.7. The molecule has 0 aliphatic carbocycles. The van der Waals surface area contributed by atoms with Crippen molar-refractivity contribution in [2.45, 2.75) is 33.2 Å². The zero-order valence-electron chi connectivity index (χ0n) is 14.8. The van der Waals surface area contributed by atoms with E-state index in [9.17, 15) is 4.79 Å². The van der Waals surface area contributed by atoms with E-state index in [1.807, 2.05) is 33.0 Å². The highest BCUT2D eigenvalue weighted by atomic mass is 16.5. The van der Waals surface area contributed by atoms with Crippen LogP contribution in [0.25, 0.3) is 5.52 Å². The first kappa shape index (κ1) is 16.9. The fourth-order valence-electron chi connectivity index (χ4n) is 3.30. The normalized spacial score (nSPS) is 19.2. The number of nitrogens with zero attached hydrogens (tertiary/aromatic N) is 2. The fourth-order valence-corrected chi connectivity index (χ4v) is 3.30. The summed E-state index contributed by atoms with van der Waals surface area (Å²) in [6, 6.07) is 4.09. The summed E-state index contributed by atoms with van der Waals surface area (Å²) < 4.78 is 7.57. The summed E-state index contributed by atoms with van der Waals surface area (Å²) in [4.78, 5) is 17.4. The number of fused-ring (bicyclic) bond motifs is 1. The summed E-state index contributed by atoms with van der Waals surface area (Å²) in [6.45, 7) is 10.6. The molecule has 1 amide bonds. The molecule has 1 atom stereocenters. The van der Waals surface area contributed by atoms with Crippen LogP contribution in [0.5, 0.6) is 0 Å². The van der Waals surface area contributed by atoms with Crippen LogP contribution in [-0.2, 0) is 15.1 Å². The maximum Gasteiger partial charge on any atom is 0.227 e. The lowest BCUT2D eigenvalue weighted by molar-refractivity contribution is -0.128. The Morgan fingerprint density at radius 1 is 1.46 bits per heavy atom. The summed E-state index contributed by atoms with van der Waals surface area (Å²) in [5.41, 5.74) is 2.69.